The van der Waals surface area contributed by atoms with Gasteiger partial charge in [0.15, 0.2) is 7.14 Å². The standard InChI is InChI=1S/C47H31OP/c48-49(34-17-3-1-4-18-34,35-19-5-2-6-20-35)36-21-13-15-32(29-36)37-25-14-16-33-30-46-42(31-41(33)37)40-24-9-12-28-45(40)47(46)43-26-10-7-22-38(43)39-23-8-11-27-44(39)47/h1-31H. The molecule has 2 aliphatic carbocycles. The van der Waals surface area contributed by atoms with E-state index in [0.29, 0.717) is 0 Å². The van der Waals surface area contributed by atoms with Gasteiger partial charge in [-0.25, -0.2) is 0 Å². The lowest BCUT2D eigenvalue weighted by Crippen LogP contribution is -2.25. The lowest BCUT2D eigenvalue weighted by molar-refractivity contribution is 0.592. The molecule has 8 aromatic rings. The zero-order valence-electron chi connectivity index (χ0n) is 26.8. The molecule has 0 aliphatic heterocycles. The van der Waals surface area contributed by atoms with Gasteiger partial charge >= 0.3 is 0 Å². The fraction of sp³-hybridized carbons (Fsp3) is 0.0213. The number of benzene rings is 8. The monoisotopic (exact) mass is 642 g/mol. The van der Waals surface area contributed by atoms with E-state index in [1.54, 1.807) is 0 Å². The van der Waals surface area contributed by atoms with Gasteiger partial charge in [-0.05, 0) is 84.6 Å². The minimum absolute atomic E-state index is 0.374. The molecule has 1 spiro atoms. The van der Waals surface area contributed by atoms with Gasteiger partial charge in [0.25, 0.3) is 0 Å². The summed E-state index contributed by atoms with van der Waals surface area (Å²) in [7, 11) is -3.12. The molecule has 8 aromatic carbocycles. The van der Waals surface area contributed by atoms with Crippen molar-refractivity contribution >= 4 is 33.8 Å². The minimum Gasteiger partial charge on any atom is -0.309 e. The highest BCUT2D eigenvalue weighted by Gasteiger charge is 2.51. The maximum Gasteiger partial charge on any atom is 0.171 e. The first kappa shape index (κ1) is 28.3. The van der Waals surface area contributed by atoms with E-state index in [0.717, 1.165) is 27.0 Å². The van der Waals surface area contributed by atoms with Crippen molar-refractivity contribution in [1.29, 1.82) is 0 Å². The van der Waals surface area contributed by atoms with Crippen molar-refractivity contribution in [3.8, 4) is 33.4 Å². The van der Waals surface area contributed by atoms with Crippen LogP contribution in [0.5, 0.6) is 0 Å². The van der Waals surface area contributed by atoms with Crippen LogP contribution < -0.4 is 15.9 Å². The highest BCUT2D eigenvalue weighted by Crippen LogP contribution is 2.63. The molecule has 49 heavy (non-hydrogen) atoms. The van der Waals surface area contributed by atoms with Crippen LogP contribution in [0.2, 0.25) is 0 Å². The molecule has 2 heteroatoms. The topological polar surface area (TPSA) is 17.1 Å². The van der Waals surface area contributed by atoms with Gasteiger partial charge in [-0.1, -0.05) is 170 Å². The van der Waals surface area contributed by atoms with Crippen LogP contribution in [-0.2, 0) is 9.98 Å². The fourth-order valence-corrected chi connectivity index (χ4v) is 11.4. The van der Waals surface area contributed by atoms with E-state index in [2.05, 4.69) is 121 Å². The normalized spacial score (nSPS) is 13.6. The Balaban J connectivity index is 1.21. The molecule has 0 amide bonds. The second-order valence-corrected chi connectivity index (χ2v) is 15.9. The molecule has 1 nitrogen and oxygen atoms in total. The Morgan fingerprint density at radius 1 is 0.347 bits per heavy atom. The van der Waals surface area contributed by atoms with Crippen molar-refractivity contribution in [2.24, 2.45) is 0 Å². The van der Waals surface area contributed by atoms with E-state index in [4.69, 9.17) is 0 Å². The third-order valence-electron chi connectivity index (χ3n) is 10.8. The molecular formula is C47H31OP. The van der Waals surface area contributed by atoms with Crippen molar-refractivity contribution in [2.45, 2.75) is 5.41 Å². The number of hydrogen-bond acceptors (Lipinski definition) is 1. The molecule has 0 unspecified atom stereocenters. The summed E-state index contributed by atoms with van der Waals surface area (Å²) >= 11 is 0. The van der Waals surface area contributed by atoms with E-state index < -0.39 is 7.14 Å². The Hall–Kier alpha value is -5.75. The SMILES string of the molecule is O=P(c1ccccc1)(c1ccccc1)c1cccc(-c2cccc3cc4c(cc23)-c2ccccc2C42c3ccccc3-c3ccccc32)c1. The summed E-state index contributed by atoms with van der Waals surface area (Å²) in [6.07, 6.45) is 0. The summed E-state index contributed by atoms with van der Waals surface area (Å²) in [6.45, 7) is 0. The summed E-state index contributed by atoms with van der Waals surface area (Å²) < 4.78 is 15.3. The molecule has 0 bridgehead atoms. The number of fused-ring (bicyclic) bond motifs is 11. The van der Waals surface area contributed by atoms with Crippen LogP contribution in [-0.4, -0.2) is 0 Å². The summed E-state index contributed by atoms with van der Waals surface area (Å²) in [5.41, 5.74) is 12.4. The molecule has 0 radical (unpaired) electrons. The smallest absolute Gasteiger partial charge is 0.171 e. The van der Waals surface area contributed by atoms with Crippen LogP contribution in [0, 0.1) is 0 Å². The molecule has 0 N–H and O–H groups in total. The molecule has 0 atom stereocenters. The predicted molar refractivity (Wildman–Crippen MR) is 205 cm³/mol. The lowest BCUT2D eigenvalue weighted by atomic mass is 9.70. The Kier molecular flexibility index (Phi) is 6.13. The molecule has 230 valence electrons. The maximum absolute atomic E-state index is 15.3. The van der Waals surface area contributed by atoms with Crippen LogP contribution in [0.1, 0.15) is 22.3 Å². The molecular weight excluding hydrogens is 611 g/mol. The summed E-state index contributed by atoms with van der Waals surface area (Å²) in [5, 5.41) is 4.91. The molecule has 0 aromatic heterocycles. The molecule has 0 saturated carbocycles. The van der Waals surface area contributed by atoms with Gasteiger partial charge in [0.1, 0.15) is 0 Å². The van der Waals surface area contributed by atoms with Gasteiger partial charge in [0, 0.05) is 15.9 Å². The second kappa shape index (κ2) is 10.6. The van der Waals surface area contributed by atoms with Crippen molar-refractivity contribution in [1.82, 2.24) is 0 Å². The highest BCUT2D eigenvalue weighted by atomic mass is 31.2. The van der Waals surface area contributed by atoms with Crippen LogP contribution in [0.4, 0.5) is 0 Å². The second-order valence-electron chi connectivity index (χ2n) is 13.1. The number of rotatable bonds is 4. The molecule has 0 fully saturated rings. The maximum atomic E-state index is 15.3. The Bertz CT molecular complexity index is 2550. The quantitative estimate of drug-likeness (QED) is 0.175. The molecule has 2 aliphatic rings. The van der Waals surface area contributed by atoms with Crippen LogP contribution in [0.15, 0.2) is 188 Å². The first-order chi connectivity index (χ1) is 24.2. The summed E-state index contributed by atoms with van der Waals surface area (Å²) in [5.74, 6) is 0. The van der Waals surface area contributed by atoms with Gasteiger partial charge in [-0.15, -0.1) is 0 Å². The Morgan fingerprint density at radius 2 is 0.816 bits per heavy atom. The van der Waals surface area contributed by atoms with E-state index in [1.807, 2.05) is 66.7 Å². The molecule has 0 saturated heterocycles. The van der Waals surface area contributed by atoms with E-state index in [1.165, 1.54) is 55.3 Å². The fourth-order valence-electron chi connectivity index (χ4n) is 8.71. The largest absolute Gasteiger partial charge is 0.309 e. The third-order valence-corrected chi connectivity index (χ3v) is 13.8. The van der Waals surface area contributed by atoms with E-state index >= 15 is 4.57 Å². The average molecular weight is 643 g/mol. The van der Waals surface area contributed by atoms with Gasteiger partial charge in [0.05, 0.1) is 5.41 Å². The molecule has 10 rings (SSSR count). The summed E-state index contributed by atoms with van der Waals surface area (Å²) in [6, 6.07) is 66.6. The summed E-state index contributed by atoms with van der Waals surface area (Å²) in [4.78, 5) is 0. The zero-order valence-corrected chi connectivity index (χ0v) is 27.6. The van der Waals surface area contributed by atoms with Crippen LogP contribution in [0.25, 0.3) is 44.2 Å². The van der Waals surface area contributed by atoms with Crippen LogP contribution in [0.3, 0.4) is 0 Å². The van der Waals surface area contributed by atoms with Crippen molar-refractivity contribution in [3.63, 3.8) is 0 Å². The molecule has 0 heterocycles. The van der Waals surface area contributed by atoms with Crippen molar-refractivity contribution < 1.29 is 4.57 Å². The zero-order chi connectivity index (χ0) is 32.6. The van der Waals surface area contributed by atoms with Crippen LogP contribution >= 0.6 is 7.14 Å². The minimum atomic E-state index is -3.12. The lowest BCUT2D eigenvalue weighted by Gasteiger charge is -2.30. The van der Waals surface area contributed by atoms with Crippen molar-refractivity contribution in [2.75, 3.05) is 0 Å². The first-order valence-electron chi connectivity index (χ1n) is 16.9. The third kappa shape index (κ3) is 3.85. The first-order valence-corrected chi connectivity index (χ1v) is 18.6. The average Bonchev–Trinajstić information content (AvgIpc) is 3.64. The van der Waals surface area contributed by atoms with Gasteiger partial charge in [-0.3, -0.25) is 0 Å². The van der Waals surface area contributed by atoms with E-state index in [-0.39, 0.29) is 5.41 Å². The highest BCUT2D eigenvalue weighted by molar-refractivity contribution is 7.85. The number of hydrogen-bond donors (Lipinski definition) is 0. The predicted octanol–water partition coefficient (Wildman–Crippen LogP) is 10.5. The van der Waals surface area contributed by atoms with Gasteiger partial charge in [-0.2, -0.15) is 0 Å². The van der Waals surface area contributed by atoms with Crippen molar-refractivity contribution in [3.05, 3.63) is 210 Å². The van der Waals surface area contributed by atoms with Gasteiger partial charge < -0.3 is 4.57 Å². The van der Waals surface area contributed by atoms with E-state index in [9.17, 15) is 0 Å². The van der Waals surface area contributed by atoms with Gasteiger partial charge in [0.2, 0.25) is 0 Å². The Labute approximate surface area is 286 Å². The Morgan fingerprint density at radius 3 is 1.41 bits per heavy atom.